The standard InChI is InChI=1S/C7H5ClN2O3S/c8-14(12,13)5-3-1-2-4-6(5)10-7(11)9-4/h1-3,5H,(H,9,11). The van der Waals surface area contributed by atoms with Crippen LogP contribution in [0.3, 0.4) is 0 Å². The Labute approximate surface area is 84.6 Å². The number of allylic oxidation sites excluding steroid dienone is 3. The Morgan fingerprint density at radius 3 is 2.86 bits per heavy atom. The van der Waals surface area contributed by atoms with Crippen molar-refractivity contribution in [3.63, 3.8) is 0 Å². The molecule has 1 aliphatic heterocycles. The number of carbonyl (C=O) groups excluding carboxylic acids is 1. The zero-order valence-corrected chi connectivity index (χ0v) is 8.34. The Balaban J connectivity index is 2.50. The molecule has 1 atom stereocenters. The van der Waals surface area contributed by atoms with Gasteiger partial charge in [-0.15, -0.1) is 0 Å². The molecule has 14 heavy (non-hydrogen) atoms. The average molecular weight is 233 g/mol. The van der Waals surface area contributed by atoms with Crippen molar-refractivity contribution in [3.8, 4) is 0 Å². The van der Waals surface area contributed by atoms with Crippen LogP contribution in [0.4, 0.5) is 4.79 Å². The minimum absolute atomic E-state index is 0.160. The summed E-state index contributed by atoms with van der Waals surface area (Å²) in [5, 5.41) is 1.36. The summed E-state index contributed by atoms with van der Waals surface area (Å²) < 4.78 is 22.2. The lowest BCUT2D eigenvalue weighted by Gasteiger charge is -2.12. The lowest BCUT2D eigenvalue weighted by molar-refractivity contribution is 0.253. The van der Waals surface area contributed by atoms with Gasteiger partial charge in [-0.25, -0.2) is 13.2 Å². The SMILES string of the molecule is O=C1N=C2C(=CC=CC2S(=O)(=O)Cl)N1. The van der Waals surface area contributed by atoms with Gasteiger partial charge in [0.05, 0.1) is 11.4 Å². The molecule has 5 nitrogen and oxygen atoms in total. The van der Waals surface area contributed by atoms with E-state index in [-0.39, 0.29) is 5.71 Å². The number of fused-ring (bicyclic) bond motifs is 1. The highest BCUT2D eigenvalue weighted by atomic mass is 35.7. The van der Waals surface area contributed by atoms with Crippen LogP contribution < -0.4 is 5.32 Å². The van der Waals surface area contributed by atoms with Crippen molar-refractivity contribution in [3.05, 3.63) is 23.9 Å². The Kier molecular flexibility index (Phi) is 1.97. The van der Waals surface area contributed by atoms with Crippen molar-refractivity contribution in [2.75, 3.05) is 0 Å². The molecule has 0 radical (unpaired) electrons. The van der Waals surface area contributed by atoms with E-state index in [1.165, 1.54) is 12.2 Å². The van der Waals surface area contributed by atoms with Crippen molar-refractivity contribution in [1.82, 2.24) is 5.32 Å². The third kappa shape index (κ3) is 1.46. The topological polar surface area (TPSA) is 75.6 Å². The first kappa shape index (κ1) is 9.42. The molecular formula is C7H5ClN2O3S. The maximum Gasteiger partial charge on any atom is 0.345 e. The summed E-state index contributed by atoms with van der Waals surface area (Å²) in [6.07, 6.45) is 4.47. The molecule has 0 spiro atoms. The third-order valence-corrected chi connectivity index (χ3v) is 3.42. The van der Waals surface area contributed by atoms with Crippen LogP contribution in [0.1, 0.15) is 0 Å². The van der Waals surface area contributed by atoms with Crippen LogP contribution in [0.15, 0.2) is 28.9 Å². The van der Waals surface area contributed by atoms with Gasteiger partial charge in [-0.2, -0.15) is 4.99 Å². The van der Waals surface area contributed by atoms with Gasteiger partial charge in [-0.3, -0.25) is 0 Å². The number of carbonyl (C=O) groups is 1. The van der Waals surface area contributed by atoms with Crippen molar-refractivity contribution in [2.45, 2.75) is 5.25 Å². The maximum atomic E-state index is 11.1. The summed E-state index contributed by atoms with van der Waals surface area (Å²) in [7, 11) is 1.42. The van der Waals surface area contributed by atoms with Gasteiger partial charge in [0.25, 0.3) is 0 Å². The molecule has 0 aromatic rings. The highest BCUT2D eigenvalue weighted by Gasteiger charge is 2.34. The van der Waals surface area contributed by atoms with E-state index in [0.717, 1.165) is 0 Å². The number of amides is 2. The number of rotatable bonds is 1. The molecule has 0 aromatic carbocycles. The number of nitrogens with zero attached hydrogens (tertiary/aromatic N) is 1. The number of halogens is 1. The van der Waals surface area contributed by atoms with Gasteiger partial charge < -0.3 is 5.32 Å². The van der Waals surface area contributed by atoms with E-state index in [1.54, 1.807) is 6.08 Å². The smallest absolute Gasteiger partial charge is 0.304 e. The van der Waals surface area contributed by atoms with E-state index < -0.39 is 20.3 Å². The van der Waals surface area contributed by atoms with E-state index in [1.807, 2.05) is 0 Å². The Bertz CT molecular complexity index is 489. The molecule has 2 aliphatic rings. The number of aliphatic imine (C=N–C) groups is 1. The number of urea groups is 1. The molecule has 0 saturated heterocycles. The molecule has 0 aromatic heterocycles. The molecule has 1 heterocycles. The molecule has 1 unspecified atom stereocenters. The van der Waals surface area contributed by atoms with E-state index in [0.29, 0.717) is 5.70 Å². The molecule has 1 aliphatic carbocycles. The molecule has 2 rings (SSSR count). The number of hydrogen-bond donors (Lipinski definition) is 1. The fraction of sp³-hybridized carbons (Fsp3) is 0.143. The van der Waals surface area contributed by atoms with E-state index in [4.69, 9.17) is 10.7 Å². The van der Waals surface area contributed by atoms with Gasteiger partial charge >= 0.3 is 6.03 Å². The average Bonchev–Trinajstić information content (AvgIpc) is 2.41. The van der Waals surface area contributed by atoms with Crippen LogP contribution >= 0.6 is 10.7 Å². The van der Waals surface area contributed by atoms with Crippen LogP contribution in [-0.2, 0) is 9.05 Å². The maximum absolute atomic E-state index is 11.1. The number of nitrogens with one attached hydrogen (secondary N) is 1. The van der Waals surface area contributed by atoms with Crippen molar-refractivity contribution in [2.24, 2.45) is 4.99 Å². The molecule has 7 heteroatoms. The minimum Gasteiger partial charge on any atom is -0.304 e. The normalized spacial score (nSPS) is 25.2. The fourth-order valence-corrected chi connectivity index (χ4v) is 2.45. The molecule has 74 valence electrons. The van der Waals surface area contributed by atoms with Crippen LogP contribution in [0.25, 0.3) is 0 Å². The van der Waals surface area contributed by atoms with Crippen LogP contribution in [-0.4, -0.2) is 25.4 Å². The molecule has 2 amide bonds. The van der Waals surface area contributed by atoms with Crippen LogP contribution in [0, 0.1) is 0 Å². The monoisotopic (exact) mass is 232 g/mol. The van der Waals surface area contributed by atoms with Crippen molar-refractivity contribution < 1.29 is 13.2 Å². The van der Waals surface area contributed by atoms with Gasteiger partial charge in [-0.1, -0.05) is 12.2 Å². The molecule has 0 bridgehead atoms. The summed E-state index contributed by atoms with van der Waals surface area (Å²) in [4.78, 5) is 14.4. The van der Waals surface area contributed by atoms with Crippen LogP contribution in [0.5, 0.6) is 0 Å². The van der Waals surface area contributed by atoms with Gasteiger partial charge in [0.15, 0.2) is 0 Å². The highest BCUT2D eigenvalue weighted by molar-refractivity contribution is 8.14. The third-order valence-electron chi connectivity index (χ3n) is 1.86. The second kappa shape index (κ2) is 2.93. The fourth-order valence-electron chi connectivity index (χ4n) is 1.29. The predicted molar refractivity (Wildman–Crippen MR) is 51.8 cm³/mol. The highest BCUT2D eigenvalue weighted by Crippen LogP contribution is 2.21. The van der Waals surface area contributed by atoms with Gasteiger partial charge in [-0.05, 0) is 6.08 Å². The second-order valence-corrected chi connectivity index (χ2v) is 5.54. The largest absolute Gasteiger partial charge is 0.345 e. The van der Waals surface area contributed by atoms with E-state index in [9.17, 15) is 13.2 Å². The van der Waals surface area contributed by atoms with Gasteiger partial charge in [0, 0.05) is 10.7 Å². The Hall–Kier alpha value is -1.14. The molecule has 0 fully saturated rings. The summed E-state index contributed by atoms with van der Waals surface area (Å²) in [6, 6.07) is -0.569. The first-order valence-electron chi connectivity index (χ1n) is 3.70. The van der Waals surface area contributed by atoms with Crippen molar-refractivity contribution in [1.29, 1.82) is 0 Å². The Morgan fingerprint density at radius 2 is 2.21 bits per heavy atom. The summed E-state index contributed by atoms with van der Waals surface area (Å²) in [6.45, 7) is 0. The zero-order chi connectivity index (χ0) is 10.3. The summed E-state index contributed by atoms with van der Waals surface area (Å²) in [5.41, 5.74) is 0.555. The quantitative estimate of drug-likeness (QED) is 0.671. The molecule has 1 N–H and O–H groups in total. The predicted octanol–water partition coefficient (Wildman–Crippen LogP) is 0.542. The summed E-state index contributed by atoms with van der Waals surface area (Å²) in [5.74, 6) is 0. The van der Waals surface area contributed by atoms with Gasteiger partial charge in [0.2, 0.25) is 9.05 Å². The summed E-state index contributed by atoms with van der Waals surface area (Å²) >= 11 is 0. The molecule has 0 saturated carbocycles. The first-order valence-corrected chi connectivity index (χ1v) is 6.07. The van der Waals surface area contributed by atoms with Crippen LogP contribution in [0.2, 0.25) is 0 Å². The first-order chi connectivity index (χ1) is 6.48. The lowest BCUT2D eigenvalue weighted by atomic mass is 10.1. The lowest BCUT2D eigenvalue weighted by Crippen LogP contribution is -2.29. The van der Waals surface area contributed by atoms with Gasteiger partial charge in [0.1, 0.15) is 5.25 Å². The van der Waals surface area contributed by atoms with E-state index in [2.05, 4.69) is 10.3 Å². The second-order valence-electron chi connectivity index (χ2n) is 2.79. The number of hydrogen-bond acceptors (Lipinski definition) is 3. The zero-order valence-electron chi connectivity index (χ0n) is 6.77. The molecular weight excluding hydrogens is 228 g/mol. The van der Waals surface area contributed by atoms with Crippen molar-refractivity contribution >= 4 is 31.5 Å². The Morgan fingerprint density at radius 1 is 1.50 bits per heavy atom. The van der Waals surface area contributed by atoms with E-state index >= 15 is 0 Å². The minimum atomic E-state index is -3.78.